The second kappa shape index (κ2) is 12.6. The van der Waals surface area contributed by atoms with Crippen molar-refractivity contribution < 1.29 is 9.90 Å². The third kappa shape index (κ3) is 7.74. The molecule has 3 aliphatic heterocycles. The summed E-state index contributed by atoms with van der Waals surface area (Å²) in [7, 11) is 0. The van der Waals surface area contributed by atoms with Crippen molar-refractivity contribution in [2.75, 3.05) is 70.4 Å². The maximum atomic E-state index is 12.6. The van der Waals surface area contributed by atoms with Crippen molar-refractivity contribution >= 4 is 47.6 Å². The number of carbonyl (C=O) groups excluding carboxylic acids is 1. The summed E-state index contributed by atoms with van der Waals surface area (Å²) in [5, 5.41) is 13.9. The molecule has 3 fully saturated rings. The highest BCUT2D eigenvalue weighted by Crippen LogP contribution is 2.28. The molecule has 0 aromatic carbocycles. The minimum Gasteiger partial charge on any atom is -0.387 e. The van der Waals surface area contributed by atoms with Crippen LogP contribution in [0.2, 0.25) is 0 Å². The largest absolute Gasteiger partial charge is 0.387 e. The van der Waals surface area contributed by atoms with Crippen LogP contribution in [-0.4, -0.2) is 108 Å². The third-order valence-electron chi connectivity index (χ3n) is 5.93. The van der Waals surface area contributed by atoms with E-state index >= 15 is 0 Å². The van der Waals surface area contributed by atoms with Crippen LogP contribution in [0, 0.1) is 0 Å². The van der Waals surface area contributed by atoms with Gasteiger partial charge in [0.1, 0.15) is 0 Å². The zero-order chi connectivity index (χ0) is 19.8. The summed E-state index contributed by atoms with van der Waals surface area (Å²) in [5.74, 6) is 2.98. The Labute approximate surface area is 197 Å². The number of aliphatic hydroxyl groups is 1. The van der Waals surface area contributed by atoms with E-state index in [-0.39, 0.29) is 29.9 Å². The molecule has 0 saturated carbocycles. The molecule has 3 saturated heterocycles. The van der Waals surface area contributed by atoms with Crippen LogP contribution in [0.4, 0.5) is 0 Å². The molecule has 0 bridgehead atoms. The van der Waals surface area contributed by atoms with Crippen LogP contribution in [0.5, 0.6) is 0 Å². The van der Waals surface area contributed by atoms with E-state index in [1.54, 1.807) is 11.8 Å². The summed E-state index contributed by atoms with van der Waals surface area (Å²) in [6.45, 7) is 9.25. The van der Waals surface area contributed by atoms with Gasteiger partial charge in [0.2, 0.25) is 5.91 Å². The molecule has 0 aromatic rings. The fourth-order valence-corrected chi connectivity index (χ4v) is 5.38. The van der Waals surface area contributed by atoms with Crippen molar-refractivity contribution in [3.8, 4) is 0 Å². The Hall–Kier alpha value is -0.260. The standard InChI is InChI=1S/C20H37N5O2S.HI/c1-2-21-19(22-16-20(27)7-14-28-17-20)25-12-10-23(11-13-25)15-18(26)24-8-5-3-4-6-9-24;/h27H,2-17H2,1H3,(H,21,22);1H. The summed E-state index contributed by atoms with van der Waals surface area (Å²) in [6.07, 6.45) is 5.62. The highest BCUT2D eigenvalue weighted by atomic mass is 127. The van der Waals surface area contributed by atoms with Crippen molar-refractivity contribution in [3.63, 3.8) is 0 Å². The van der Waals surface area contributed by atoms with Crippen molar-refractivity contribution in [1.29, 1.82) is 0 Å². The lowest BCUT2D eigenvalue weighted by Gasteiger charge is -2.37. The predicted molar refractivity (Wildman–Crippen MR) is 131 cm³/mol. The fraction of sp³-hybridized carbons (Fsp3) is 0.900. The molecule has 9 heteroatoms. The van der Waals surface area contributed by atoms with Crippen LogP contribution in [0.3, 0.4) is 0 Å². The second-order valence-corrected chi connectivity index (χ2v) is 9.36. The number of nitrogens with one attached hydrogen (secondary N) is 1. The lowest BCUT2D eigenvalue weighted by Crippen LogP contribution is -2.54. The monoisotopic (exact) mass is 539 g/mol. The third-order valence-corrected chi connectivity index (χ3v) is 7.16. The average Bonchev–Trinajstić information content (AvgIpc) is 2.95. The molecule has 1 unspecified atom stereocenters. The lowest BCUT2D eigenvalue weighted by atomic mass is 10.0. The molecule has 1 atom stereocenters. The SMILES string of the molecule is CCNC(=NCC1(O)CCSC1)N1CCN(CC(=O)N2CCCCCC2)CC1.I. The Balaban J connectivity index is 0.00000300. The number of piperazine rings is 1. The number of thioether (sulfide) groups is 1. The van der Waals surface area contributed by atoms with E-state index in [0.29, 0.717) is 13.1 Å². The summed E-state index contributed by atoms with van der Waals surface area (Å²) >= 11 is 1.80. The number of carbonyl (C=O) groups is 1. The molecule has 0 spiro atoms. The Morgan fingerprint density at radius 3 is 2.34 bits per heavy atom. The Bertz CT molecular complexity index is 529. The van der Waals surface area contributed by atoms with Gasteiger partial charge in [0, 0.05) is 51.6 Å². The number of guanidine groups is 1. The molecule has 7 nitrogen and oxygen atoms in total. The number of rotatable bonds is 5. The fourth-order valence-electron chi connectivity index (χ4n) is 4.10. The molecule has 3 aliphatic rings. The van der Waals surface area contributed by atoms with Gasteiger partial charge >= 0.3 is 0 Å². The zero-order valence-corrected chi connectivity index (χ0v) is 20.9. The Kier molecular flexibility index (Phi) is 10.8. The van der Waals surface area contributed by atoms with Gasteiger partial charge in [-0.2, -0.15) is 11.8 Å². The Morgan fingerprint density at radius 2 is 1.76 bits per heavy atom. The highest BCUT2D eigenvalue weighted by Gasteiger charge is 2.32. The first-order chi connectivity index (χ1) is 13.6. The number of hydrogen-bond acceptors (Lipinski definition) is 5. The second-order valence-electron chi connectivity index (χ2n) is 8.26. The van der Waals surface area contributed by atoms with Crippen molar-refractivity contribution in [2.24, 2.45) is 4.99 Å². The van der Waals surface area contributed by atoms with Gasteiger partial charge in [-0.25, -0.2) is 0 Å². The van der Waals surface area contributed by atoms with Gasteiger partial charge in [-0.15, -0.1) is 24.0 Å². The van der Waals surface area contributed by atoms with E-state index in [1.165, 1.54) is 12.8 Å². The van der Waals surface area contributed by atoms with Gasteiger partial charge in [0.05, 0.1) is 18.7 Å². The quantitative estimate of drug-likeness (QED) is 0.313. The zero-order valence-electron chi connectivity index (χ0n) is 17.8. The first-order valence-corrected chi connectivity index (χ1v) is 12.1. The molecule has 0 radical (unpaired) electrons. The van der Waals surface area contributed by atoms with Gasteiger partial charge < -0.3 is 20.2 Å². The number of halogens is 1. The van der Waals surface area contributed by atoms with E-state index in [4.69, 9.17) is 4.99 Å². The minimum absolute atomic E-state index is 0. The molecule has 3 heterocycles. The van der Waals surface area contributed by atoms with Gasteiger partial charge in [-0.3, -0.25) is 14.7 Å². The highest BCUT2D eigenvalue weighted by molar-refractivity contribution is 14.0. The molecular formula is C20H38IN5O2S. The topological polar surface area (TPSA) is 71.4 Å². The Morgan fingerprint density at radius 1 is 1.07 bits per heavy atom. The van der Waals surface area contributed by atoms with Crippen molar-refractivity contribution in [2.45, 2.75) is 44.6 Å². The van der Waals surface area contributed by atoms with Crippen LogP contribution in [0.1, 0.15) is 39.0 Å². The first kappa shape index (κ1) is 25.0. The van der Waals surface area contributed by atoms with E-state index < -0.39 is 5.60 Å². The van der Waals surface area contributed by atoms with Crippen molar-refractivity contribution in [1.82, 2.24) is 20.0 Å². The smallest absolute Gasteiger partial charge is 0.236 e. The van der Waals surface area contributed by atoms with E-state index in [1.807, 2.05) is 0 Å². The van der Waals surface area contributed by atoms with Crippen LogP contribution >= 0.6 is 35.7 Å². The van der Waals surface area contributed by atoms with E-state index in [2.05, 4.69) is 26.9 Å². The summed E-state index contributed by atoms with van der Waals surface area (Å²) in [6, 6.07) is 0. The first-order valence-electron chi connectivity index (χ1n) is 10.9. The molecule has 2 N–H and O–H groups in total. The number of likely N-dealkylation sites (tertiary alicyclic amines) is 1. The molecule has 3 rings (SSSR count). The van der Waals surface area contributed by atoms with E-state index in [0.717, 1.165) is 82.5 Å². The maximum Gasteiger partial charge on any atom is 0.236 e. The van der Waals surface area contributed by atoms with Crippen molar-refractivity contribution in [3.05, 3.63) is 0 Å². The van der Waals surface area contributed by atoms with Crippen LogP contribution in [0.25, 0.3) is 0 Å². The summed E-state index contributed by atoms with van der Waals surface area (Å²) in [5.41, 5.74) is -0.646. The maximum absolute atomic E-state index is 12.6. The van der Waals surface area contributed by atoms with Gasteiger partial charge in [0.15, 0.2) is 5.96 Å². The number of hydrogen-bond donors (Lipinski definition) is 2. The number of nitrogens with zero attached hydrogens (tertiary/aromatic N) is 4. The number of aliphatic imine (C=N–C) groups is 1. The number of amides is 1. The minimum atomic E-state index is -0.646. The summed E-state index contributed by atoms with van der Waals surface area (Å²) in [4.78, 5) is 24.0. The molecular weight excluding hydrogens is 501 g/mol. The van der Waals surface area contributed by atoms with Gasteiger partial charge in [-0.1, -0.05) is 12.8 Å². The average molecular weight is 540 g/mol. The van der Waals surface area contributed by atoms with Crippen LogP contribution in [-0.2, 0) is 4.79 Å². The van der Waals surface area contributed by atoms with Gasteiger partial charge in [0.25, 0.3) is 0 Å². The molecule has 0 aromatic heterocycles. The normalized spacial score (nSPS) is 26.8. The summed E-state index contributed by atoms with van der Waals surface area (Å²) < 4.78 is 0. The molecule has 168 valence electrons. The molecule has 29 heavy (non-hydrogen) atoms. The van der Waals surface area contributed by atoms with E-state index in [9.17, 15) is 9.90 Å². The molecule has 1 amide bonds. The predicted octanol–water partition coefficient (Wildman–Crippen LogP) is 1.46. The van der Waals surface area contributed by atoms with Crippen LogP contribution < -0.4 is 5.32 Å². The van der Waals surface area contributed by atoms with Crippen LogP contribution in [0.15, 0.2) is 4.99 Å². The van der Waals surface area contributed by atoms with Gasteiger partial charge in [-0.05, 0) is 31.9 Å². The molecule has 0 aliphatic carbocycles. The lowest BCUT2D eigenvalue weighted by molar-refractivity contribution is -0.132.